The number of benzene rings is 2. The van der Waals surface area contributed by atoms with E-state index in [1.165, 1.54) is 17.2 Å². The van der Waals surface area contributed by atoms with Crippen LogP contribution in [-0.4, -0.2) is 24.2 Å². The van der Waals surface area contributed by atoms with Gasteiger partial charge in [0.05, 0.1) is 12.2 Å². The minimum Gasteiger partial charge on any atom is -0.464 e. The van der Waals surface area contributed by atoms with Crippen molar-refractivity contribution in [3.05, 3.63) is 65.2 Å². The lowest BCUT2D eigenvalue weighted by Crippen LogP contribution is -2.27. The molecule has 0 saturated heterocycles. The largest absolute Gasteiger partial charge is 0.464 e. The van der Waals surface area contributed by atoms with Crippen molar-refractivity contribution in [1.29, 1.82) is 0 Å². The molecule has 0 aliphatic rings. The lowest BCUT2D eigenvalue weighted by Gasteiger charge is -2.22. The predicted molar refractivity (Wildman–Crippen MR) is 94.1 cm³/mol. The topological polar surface area (TPSA) is 64.8 Å². The van der Waals surface area contributed by atoms with Crippen LogP contribution in [-0.2, 0) is 33.6 Å². The van der Waals surface area contributed by atoms with Crippen molar-refractivity contribution < 1.29 is 27.5 Å². The molecule has 2 rings (SSSR count). The van der Waals surface area contributed by atoms with E-state index in [0.717, 1.165) is 17.7 Å². The molecule has 5 nitrogen and oxygen atoms in total. The van der Waals surface area contributed by atoms with E-state index in [0.29, 0.717) is 17.8 Å². The number of carbonyl (C=O) groups excluding carboxylic acids is 1. The molecule has 0 unspecified atom stereocenters. The Morgan fingerprint density at radius 2 is 1.52 bits per heavy atom. The summed E-state index contributed by atoms with van der Waals surface area (Å²) in [6, 6.07) is 11.9. The molecular weight excluding hydrogens is 361 g/mol. The van der Waals surface area contributed by atoms with Gasteiger partial charge in [0.2, 0.25) is 0 Å². The summed E-state index contributed by atoms with van der Waals surface area (Å²) in [5.74, 6) is -0.521. The fraction of sp³-hybridized carbons (Fsp3) is 0.316. The second-order valence-corrected chi connectivity index (χ2v) is 5.81. The summed E-state index contributed by atoms with van der Waals surface area (Å²) in [6.45, 7) is 2.15. The molecule has 0 saturated carbocycles. The Labute approximate surface area is 155 Å². The third kappa shape index (κ3) is 6.92. The maximum absolute atomic E-state index is 12.7. The van der Waals surface area contributed by atoms with Gasteiger partial charge in [0.1, 0.15) is 0 Å². The number of nitrogens with zero attached hydrogens (tertiary/aromatic N) is 1. The second-order valence-electron chi connectivity index (χ2n) is 5.81. The average molecular weight is 382 g/mol. The quantitative estimate of drug-likeness (QED) is 0.428. The molecule has 8 heteroatoms. The highest BCUT2D eigenvalue weighted by molar-refractivity contribution is 5.70. The van der Waals surface area contributed by atoms with Gasteiger partial charge in [0, 0.05) is 18.8 Å². The van der Waals surface area contributed by atoms with Crippen LogP contribution in [0.25, 0.3) is 0 Å². The van der Waals surface area contributed by atoms with E-state index in [2.05, 4.69) is 0 Å². The standard InChI is InChI=1S/C19H21F3N2O3/c1-2-26-18(25)13-27-24(12-15-5-9-17(23)10-6-15)11-14-3-7-16(8-4-14)19(20,21)22/h3-10H,2,11-13,23H2,1H3. The minimum atomic E-state index is -4.39. The molecular formula is C19H21F3N2O3. The summed E-state index contributed by atoms with van der Waals surface area (Å²) in [5.41, 5.74) is 7.05. The van der Waals surface area contributed by atoms with Crippen LogP contribution in [0, 0.1) is 0 Å². The van der Waals surface area contributed by atoms with Gasteiger partial charge in [-0.25, -0.2) is 4.79 Å². The number of halogens is 3. The molecule has 0 aliphatic heterocycles. The number of nitrogen functional groups attached to an aromatic ring is 1. The number of ether oxygens (including phenoxy) is 1. The maximum atomic E-state index is 12.7. The molecule has 2 aromatic carbocycles. The van der Waals surface area contributed by atoms with Gasteiger partial charge in [-0.2, -0.15) is 18.2 Å². The third-order valence-electron chi connectivity index (χ3n) is 3.65. The van der Waals surface area contributed by atoms with Crippen LogP contribution < -0.4 is 5.73 Å². The number of nitrogens with two attached hydrogens (primary N) is 1. The molecule has 146 valence electrons. The zero-order chi connectivity index (χ0) is 19.9. The van der Waals surface area contributed by atoms with Crippen LogP contribution in [0.3, 0.4) is 0 Å². The number of esters is 1. The van der Waals surface area contributed by atoms with Gasteiger partial charge in [-0.3, -0.25) is 4.84 Å². The molecule has 0 atom stereocenters. The number of alkyl halides is 3. The SMILES string of the molecule is CCOC(=O)CON(Cc1ccc(N)cc1)Cc1ccc(C(F)(F)F)cc1. The first-order valence-corrected chi connectivity index (χ1v) is 8.32. The highest BCUT2D eigenvalue weighted by Gasteiger charge is 2.30. The van der Waals surface area contributed by atoms with Crippen molar-refractivity contribution >= 4 is 11.7 Å². The van der Waals surface area contributed by atoms with Crippen molar-refractivity contribution in [2.24, 2.45) is 0 Å². The van der Waals surface area contributed by atoms with E-state index < -0.39 is 17.7 Å². The van der Waals surface area contributed by atoms with Gasteiger partial charge in [0.15, 0.2) is 6.61 Å². The minimum absolute atomic E-state index is 0.196. The number of anilines is 1. The van der Waals surface area contributed by atoms with Crippen LogP contribution in [0.2, 0.25) is 0 Å². The molecule has 0 aliphatic carbocycles. The Balaban J connectivity index is 2.08. The van der Waals surface area contributed by atoms with Gasteiger partial charge in [-0.15, -0.1) is 0 Å². The van der Waals surface area contributed by atoms with Gasteiger partial charge < -0.3 is 10.5 Å². The summed E-state index contributed by atoms with van der Waals surface area (Å²) in [7, 11) is 0. The number of carbonyl (C=O) groups is 1. The maximum Gasteiger partial charge on any atom is 0.416 e. The highest BCUT2D eigenvalue weighted by atomic mass is 19.4. The molecule has 0 heterocycles. The molecule has 0 aromatic heterocycles. The highest BCUT2D eigenvalue weighted by Crippen LogP contribution is 2.29. The van der Waals surface area contributed by atoms with Crippen LogP contribution in [0.1, 0.15) is 23.6 Å². The molecule has 2 aromatic rings. The Morgan fingerprint density at radius 3 is 2.00 bits per heavy atom. The van der Waals surface area contributed by atoms with Crippen LogP contribution in [0.4, 0.5) is 18.9 Å². The fourth-order valence-electron chi connectivity index (χ4n) is 2.32. The van der Waals surface area contributed by atoms with Crippen molar-refractivity contribution in [1.82, 2.24) is 5.06 Å². The fourth-order valence-corrected chi connectivity index (χ4v) is 2.32. The van der Waals surface area contributed by atoms with Gasteiger partial charge >= 0.3 is 12.1 Å². The average Bonchev–Trinajstić information content (AvgIpc) is 2.61. The van der Waals surface area contributed by atoms with Crippen LogP contribution >= 0.6 is 0 Å². The molecule has 0 spiro atoms. The first-order chi connectivity index (χ1) is 12.8. The van der Waals surface area contributed by atoms with Crippen molar-refractivity contribution in [3.63, 3.8) is 0 Å². The molecule has 0 amide bonds. The van der Waals surface area contributed by atoms with Gasteiger partial charge in [0.25, 0.3) is 0 Å². The number of rotatable bonds is 8. The Kier molecular flexibility index (Phi) is 7.20. The molecule has 0 fully saturated rings. The monoisotopic (exact) mass is 382 g/mol. The Hall–Kier alpha value is -2.58. The van der Waals surface area contributed by atoms with E-state index in [1.807, 2.05) is 12.1 Å². The number of hydroxylamine groups is 2. The lowest BCUT2D eigenvalue weighted by atomic mass is 10.1. The smallest absolute Gasteiger partial charge is 0.416 e. The normalized spacial score (nSPS) is 11.6. The summed E-state index contributed by atoms with van der Waals surface area (Å²) in [5, 5.41) is 1.49. The van der Waals surface area contributed by atoms with E-state index in [9.17, 15) is 18.0 Å². The Bertz CT molecular complexity index is 731. The van der Waals surface area contributed by atoms with Crippen molar-refractivity contribution in [2.75, 3.05) is 18.9 Å². The summed E-state index contributed by atoms with van der Waals surface area (Å²) < 4.78 is 42.9. The molecule has 0 bridgehead atoms. The molecule has 27 heavy (non-hydrogen) atoms. The van der Waals surface area contributed by atoms with Crippen LogP contribution in [0.5, 0.6) is 0 Å². The van der Waals surface area contributed by atoms with Gasteiger partial charge in [-0.1, -0.05) is 24.3 Å². The summed E-state index contributed by atoms with van der Waals surface area (Å²) in [6.07, 6.45) is -4.39. The molecule has 0 radical (unpaired) electrons. The summed E-state index contributed by atoms with van der Waals surface area (Å²) >= 11 is 0. The van der Waals surface area contributed by atoms with Crippen molar-refractivity contribution in [3.8, 4) is 0 Å². The predicted octanol–water partition coefficient (Wildman–Crippen LogP) is 3.78. The van der Waals surface area contributed by atoms with E-state index in [4.69, 9.17) is 15.3 Å². The number of hydrogen-bond acceptors (Lipinski definition) is 5. The van der Waals surface area contributed by atoms with E-state index >= 15 is 0 Å². The number of hydrogen-bond donors (Lipinski definition) is 1. The lowest BCUT2D eigenvalue weighted by molar-refractivity contribution is -0.193. The first-order valence-electron chi connectivity index (χ1n) is 8.32. The van der Waals surface area contributed by atoms with Gasteiger partial charge in [-0.05, 0) is 42.3 Å². The zero-order valence-corrected chi connectivity index (χ0v) is 14.8. The first kappa shape index (κ1) is 20.7. The Morgan fingerprint density at radius 1 is 1.00 bits per heavy atom. The molecule has 2 N–H and O–H groups in total. The van der Waals surface area contributed by atoms with Crippen LogP contribution in [0.15, 0.2) is 48.5 Å². The third-order valence-corrected chi connectivity index (χ3v) is 3.65. The van der Waals surface area contributed by atoms with E-state index in [-0.39, 0.29) is 19.8 Å². The van der Waals surface area contributed by atoms with E-state index in [1.54, 1.807) is 19.1 Å². The van der Waals surface area contributed by atoms with Crippen molar-refractivity contribution in [2.45, 2.75) is 26.2 Å². The second kappa shape index (κ2) is 9.38. The zero-order valence-electron chi connectivity index (χ0n) is 14.8. The summed E-state index contributed by atoms with van der Waals surface area (Å²) in [4.78, 5) is 17.0.